The van der Waals surface area contributed by atoms with Crippen LogP contribution in [-0.4, -0.2) is 32.5 Å². The van der Waals surface area contributed by atoms with Crippen molar-refractivity contribution in [2.45, 2.75) is 44.2 Å². The number of carboxylic acids is 1. The number of nitrogens with two attached hydrogens (primary N) is 1. The summed E-state index contributed by atoms with van der Waals surface area (Å²) in [4.78, 5) is 10.5. The molecule has 0 aliphatic heterocycles. The number of hydrogen-bond acceptors (Lipinski definition) is 5. The second kappa shape index (κ2) is 10.3. The number of rotatable bonds is 11. The van der Waals surface area contributed by atoms with Crippen LogP contribution in [0.4, 0.5) is 5.69 Å². The van der Waals surface area contributed by atoms with Crippen LogP contribution in [0.3, 0.4) is 0 Å². The molecule has 0 saturated carbocycles. The van der Waals surface area contributed by atoms with Gasteiger partial charge in [-0.05, 0) is 37.0 Å². The molecule has 0 aliphatic carbocycles. The largest absolute Gasteiger partial charge is 0.478 e. The van der Waals surface area contributed by atoms with Crippen molar-refractivity contribution in [3.05, 3.63) is 48.0 Å². The van der Waals surface area contributed by atoms with Gasteiger partial charge in [-0.3, -0.25) is 0 Å². The Morgan fingerprint density at radius 1 is 1.17 bits per heavy atom. The van der Waals surface area contributed by atoms with Gasteiger partial charge in [-0.25, -0.2) is 18.4 Å². The molecule has 0 amide bonds. The molecular weight excluding hydrogens is 392 g/mol. The molecule has 2 aromatic carbocycles. The summed E-state index contributed by atoms with van der Waals surface area (Å²) in [5.41, 5.74) is -2.21. The highest BCUT2D eigenvalue weighted by molar-refractivity contribution is 7.89. The molecule has 2 aromatic rings. The minimum absolute atomic E-state index is 0.200. The summed E-state index contributed by atoms with van der Waals surface area (Å²) in [7, 11) is -5.01. The summed E-state index contributed by atoms with van der Waals surface area (Å²) >= 11 is 0. The number of anilines is 1. The van der Waals surface area contributed by atoms with Gasteiger partial charge in [-0.15, -0.1) is 0 Å². The first-order chi connectivity index (χ1) is 19.0. The highest BCUT2D eigenvalue weighted by Crippen LogP contribution is 2.39. The Morgan fingerprint density at radius 3 is 2.31 bits per heavy atom. The summed E-state index contributed by atoms with van der Waals surface area (Å²) in [5.74, 6) is -3.15. The smallest absolute Gasteiger partial charge is 0.335 e. The molecule has 0 spiro atoms. The summed E-state index contributed by atoms with van der Waals surface area (Å²) in [6.45, 7) is -14.3. The third-order valence-electron chi connectivity index (χ3n) is 3.35. The highest BCUT2D eigenvalue weighted by Gasteiger charge is 2.26. The van der Waals surface area contributed by atoms with E-state index in [0.29, 0.717) is 12.1 Å². The number of hydrogen-bond donors (Lipinski definition) is 2. The lowest BCUT2D eigenvalue weighted by Crippen LogP contribution is -2.27. The van der Waals surface area contributed by atoms with Crippen LogP contribution in [0.1, 0.15) is 68.8 Å². The van der Waals surface area contributed by atoms with E-state index in [2.05, 4.69) is 0 Å². The first-order valence-electron chi connectivity index (χ1n) is 15.0. The second-order valence-corrected chi connectivity index (χ2v) is 6.88. The topological polar surface area (TPSA) is 110 Å². The van der Waals surface area contributed by atoms with E-state index in [9.17, 15) is 18.3 Å². The molecule has 3 N–H and O–H groups in total. The summed E-state index contributed by atoms with van der Waals surface area (Å²) in [6.07, 6.45) is -10.4. The molecule has 0 atom stereocenters. The Labute approximate surface area is 191 Å². The molecule has 7 nitrogen and oxygen atoms in total. The Bertz CT molecular complexity index is 1400. The number of primary sulfonamides is 1. The quantitative estimate of drug-likeness (QED) is 0.547. The van der Waals surface area contributed by atoms with Crippen LogP contribution in [0.15, 0.2) is 47.4 Å². The number of para-hydroxylation sites is 1. The van der Waals surface area contributed by atoms with Gasteiger partial charge in [-0.1, -0.05) is 44.7 Å². The monoisotopic (exact) mass is 434 g/mol. The van der Waals surface area contributed by atoms with Crippen LogP contribution in [0.5, 0.6) is 11.5 Å². The molecular formula is C21H28N2O5S. The Balaban J connectivity index is 3.21. The summed E-state index contributed by atoms with van der Waals surface area (Å²) < 4.78 is 144. The van der Waals surface area contributed by atoms with Gasteiger partial charge in [0.2, 0.25) is 10.0 Å². The fourth-order valence-corrected chi connectivity index (χ4v) is 2.88. The molecule has 0 unspecified atom stereocenters. The number of ether oxygens (including phenoxy) is 1. The number of sulfonamides is 1. The maximum Gasteiger partial charge on any atom is 0.335 e. The lowest BCUT2D eigenvalue weighted by atomic mass is 10.1. The number of carbonyl (C=O) groups is 1. The SMILES string of the molecule is [2H]C([2H])([2H])CC([2H])([2H])C([2H])([2H])N(c1cc(C(=O)O)cc(S(N)(=O)=O)c1Oc1ccccc1)C([2H])([2H])C([2H])([2H])CC([2H])([2H])[2H]. The Morgan fingerprint density at radius 2 is 1.79 bits per heavy atom. The van der Waals surface area contributed by atoms with Crippen LogP contribution in [0.25, 0.3) is 0 Å². The average molecular weight is 435 g/mol. The normalized spacial score (nSPS) is 21.3. The lowest BCUT2D eigenvalue weighted by molar-refractivity contribution is 0.0696. The van der Waals surface area contributed by atoms with Gasteiger partial charge < -0.3 is 14.7 Å². The minimum atomic E-state index is -5.01. The molecule has 0 heterocycles. The molecule has 0 saturated heterocycles. The van der Waals surface area contributed by atoms with Crippen LogP contribution < -0.4 is 14.8 Å². The van der Waals surface area contributed by atoms with E-state index in [1.165, 1.54) is 30.3 Å². The van der Waals surface area contributed by atoms with E-state index in [1.807, 2.05) is 0 Å². The molecule has 0 aromatic heterocycles. The third-order valence-corrected chi connectivity index (χ3v) is 4.27. The summed E-state index contributed by atoms with van der Waals surface area (Å²) in [6, 6.07) is 7.74. The number of nitrogens with zero attached hydrogens (tertiary/aromatic N) is 1. The standard InChI is InChI=1S/C21H28N2O5S/c1-3-5-12-23(13-6-4-2)18-14-16(21(24)25)15-19(29(22,26)27)20(18)28-17-10-8-7-9-11-17/h7-11,14-15H,3-6,12-13H2,1-2H3,(H,24,25)(H2,22,26,27)/i1D3,2D3,5D2,6D2,12D2,13D2. The number of carboxylic acid groups (broad SMARTS) is 1. The van der Waals surface area contributed by atoms with Gasteiger partial charge in [0.15, 0.2) is 5.75 Å². The van der Waals surface area contributed by atoms with Crippen molar-refractivity contribution in [2.75, 3.05) is 17.9 Å². The zero-order chi connectivity index (χ0) is 33.6. The molecule has 0 bridgehead atoms. The van der Waals surface area contributed by atoms with Crippen LogP contribution in [-0.2, 0) is 10.0 Å². The predicted molar refractivity (Wildman–Crippen MR) is 113 cm³/mol. The molecule has 0 radical (unpaired) electrons. The van der Waals surface area contributed by atoms with Crippen LogP contribution >= 0.6 is 0 Å². The maximum atomic E-state index is 12.7. The van der Waals surface area contributed by atoms with Gasteiger partial charge >= 0.3 is 5.97 Å². The molecule has 8 heteroatoms. The van der Waals surface area contributed by atoms with Gasteiger partial charge in [-0.2, -0.15) is 0 Å². The molecule has 0 aliphatic rings. The first-order valence-corrected chi connectivity index (χ1v) is 9.56. The van der Waals surface area contributed by atoms with Crippen molar-refractivity contribution in [3.8, 4) is 11.5 Å². The predicted octanol–water partition coefficient (Wildman–Crippen LogP) is 4.23. The van der Waals surface area contributed by atoms with E-state index in [0.717, 1.165) is 0 Å². The van der Waals surface area contributed by atoms with E-state index in [-0.39, 0.29) is 10.6 Å². The van der Waals surface area contributed by atoms with Crippen molar-refractivity contribution in [3.63, 3.8) is 0 Å². The maximum absolute atomic E-state index is 12.7. The molecule has 29 heavy (non-hydrogen) atoms. The zero-order valence-corrected chi connectivity index (χ0v) is 15.8. The van der Waals surface area contributed by atoms with Gasteiger partial charge in [0.05, 0.1) is 11.3 Å². The van der Waals surface area contributed by atoms with Crippen LogP contribution in [0, 0.1) is 0 Å². The van der Waals surface area contributed by atoms with E-state index < -0.39 is 90.2 Å². The highest BCUT2D eigenvalue weighted by atomic mass is 32.2. The molecule has 158 valence electrons. The lowest BCUT2D eigenvalue weighted by Gasteiger charge is -2.28. The first kappa shape index (κ1) is 9.95. The molecule has 0 fully saturated rings. The minimum Gasteiger partial charge on any atom is -0.478 e. The third kappa shape index (κ3) is 6.20. The van der Waals surface area contributed by atoms with Gasteiger partial charge in [0, 0.05) is 32.2 Å². The fourth-order valence-electron chi connectivity index (χ4n) is 2.18. The average Bonchev–Trinajstić information content (AvgIpc) is 2.76. The van der Waals surface area contributed by atoms with Crippen LogP contribution in [0.2, 0.25) is 0 Å². The van der Waals surface area contributed by atoms with Crippen molar-refractivity contribution >= 4 is 21.7 Å². The van der Waals surface area contributed by atoms with Crippen molar-refractivity contribution < 1.29 is 42.2 Å². The van der Waals surface area contributed by atoms with E-state index in [4.69, 9.17) is 29.1 Å². The van der Waals surface area contributed by atoms with Crippen molar-refractivity contribution in [2.24, 2.45) is 5.14 Å². The van der Waals surface area contributed by atoms with Crippen molar-refractivity contribution in [1.82, 2.24) is 0 Å². The second-order valence-electron chi connectivity index (χ2n) is 5.35. The number of aromatic carboxylic acids is 1. The number of benzene rings is 2. The Hall–Kier alpha value is -2.58. The van der Waals surface area contributed by atoms with Crippen molar-refractivity contribution in [1.29, 1.82) is 0 Å². The summed E-state index contributed by atoms with van der Waals surface area (Å²) in [5, 5.41) is 15.0. The Kier molecular flexibility index (Phi) is 3.52. The van der Waals surface area contributed by atoms with Gasteiger partial charge in [0.1, 0.15) is 10.6 Å². The fraction of sp³-hybridized carbons (Fsp3) is 0.381. The van der Waals surface area contributed by atoms with Gasteiger partial charge in [0.25, 0.3) is 0 Å². The zero-order valence-electron chi connectivity index (χ0n) is 29.0. The van der Waals surface area contributed by atoms with E-state index >= 15 is 0 Å². The van der Waals surface area contributed by atoms with E-state index in [1.54, 1.807) is 0 Å². The molecule has 2 rings (SSSR count).